The standard InChI is InChI=1S/C15H16N2O4/c1-9-4-7-13(21-9)15(19)17-16-10(2)11-5-6-12(18)14(8-11)20-3/h4-8,18H,1-3H3,(H,17,19)/b16-10-. The molecule has 0 radical (unpaired) electrons. The normalized spacial score (nSPS) is 11.3. The lowest BCUT2D eigenvalue weighted by Crippen LogP contribution is -2.18. The largest absolute Gasteiger partial charge is 0.504 e. The highest BCUT2D eigenvalue weighted by Gasteiger charge is 2.10. The van der Waals surface area contributed by atoms with Gasteiger partial charge in [0.1, 0.15) is 5.76 Å². The van der Waals surface area contributed by atoms with Crippen LogP contribution in [0.3, 0.4) is 0 Å². The number of hydrogen-bond donors (Lipinski definition) is 2. The third kappa shape index (κ3) is 3.42. The van der Waals surface area contributed by atoms with Crippen LogP contribution in [-0.2, 0) is 0 Å². The Kier molecular flexibility index (Phi) is 4.27. The molecule has 2 aromatic rings. The molecule has 0 saturated carbocycles. The SMILES string of the molecule is COc1cc(/C(C)=N\NC(=O)c2ccc(C)o2)ccc1O. The molecule has 0 bridgehead atoms. The maximum absolute atomic E-state index is 11.8. The van der Waals surface area contributed by atoms with Crippen molar-refractivity contribution in [3.8, 4) is 11.5 Å². The van der Waals surface area contributed by atoms with E-state index in [1.807, 2.05) is 0 Å². The molecular formula is C15H16N2O4. The van der Waals surface area contributed by atoms with E-state index in [1.54, 1.807) is 38.1 Å². The first-order valence-corrected chi connectivity index (χ1v) is 6.29. The van der Waals surface area contributed by atoms with Gasteiger partial charge in [0.25, 0.3) is 0 Å². The Hall–Kier alpha value is -2.76. The average Bonchev–Trinajstić information content (AvgIpc) is 2.91. The quantitative estimate of drug-likeness (QED) is 0.668. The van der Waals surface area contributed by atoms with Gasteiger partial charge in [-0.15, -0.1) is 0 Å². The molecule has 2 N–H and O–H groups in total. The smallest absolute Gasteiger partial charge is 0.307 e. The summed E-state index contributed by atoms with van der Waals surface area (Å²) in [4.78, 5) is 11.8. The van der Waals surface area contributed by atoms with E-state index in [0.29, 0.717) is 17.2 Å². The number of benzene rings is 1. The Labute approximate surface area is 122 Å². The van der Waals surface area contributed by atoms with E-state index in [1.165, 1.54) is 13.2 Å². The number of hydrazone groups is 1. The van der Waals surface area contributed by atoms with Crippen molar-refractivity contribution in [2.45, 2.75) is 13.8 Å². The molecule has 1 aromatic carbocycles. The zero-order chi connectivity index (χ0) is 15.4. The number of carbonyl (C=O) groups excluding carboxylic acids is 1. The third-order valence-electron chi connectivity index (χ3n) is 2.89. The summed E-state index contributed by atoms with van der Waals surface area (Å²) in [6.07, 6.45) is 0. The summed E-state index contributed by atoms with van der Waals surface area (Å²) in [5, 5.41) is 13.5. The molecule has 1 heterocycles. The Morgan fingerprint density at radius 3 is 2.71 bits per heavy atom. The fraction of sp³-hybridized carbons (Fsp3) is 0.200. The molecule has 0 atom stereocenters. The van der Waals surface area contributed by atoms with Crippen LogP contribution in [0.15, 0.2) is 39.9 Å². The first kappa shape index (κ1) is 14.6. The zero-order valence-corrected chi connectivity index (χ0v) is 12.0. The first-order valence-electron chi connectivity index (χ1n) is 6.29. The predicted molar refractivity (Wildman–Crippen MR) is 77.8 cm³/mol. The first-order chi connectivity index (χ1) is 10.0. The van der Waals surface area contributed by atoms with E-state index in [2.05, 4.69) is 10.5 Å². The molecule has 0 aliphatic rings. The van der Waals surface area contributed by atoms with Gasteiger partial charge < -0.3 is 14.3 Å². The number of phenolic OH excluding ortho intramolecular Hbond substituents is 1. The second-order valence-electron chi connectivity index (χ2n) is 4.44. The molecule has 0 fully saturated rings. The number of aryl methyl sites for hydroxylation is 1. The number of phenols is 1. The summed E-state index contributed by atoms with van der Waals surface area (Å²) >= 11 is 0. The minimum atomic E-state index is -0.423. The number of rotatable bonds is 4. The van der Waals surface area contributed by atoms with Crippen molar-refractivity contribution in [1.82, 2.24) is 5.43 Å². The number of carbonyl (C=O) groups is 1. The van der Waals surface area contributed by atoms with Crippen molar-refractivity contribution in [3.63, 3.8) is 0 Å². The lowest BCUT2D eigenvalue weighted by Gasteiger charge is -2.06. The maximum Gasteiger partial charge on any atom is 0.307 e. The van der Waals surface area contributed by atoms with Crippen LogP contribution in [0.4, 0.5) is 0 Å². The minimum Gasteiger partial charge on any atom is -0.504 e. The van der Waals surface area contributed by atoms with Crippen LogP contribution < -0.4 is 10.2 Å². The number of nitrogens with one attached hydrogen (secondary N) is 1. The Morgan fingerprint density at radius 2 is 2.10 bits per heavy atom. The molecule has 1 aromatic heterocycles. The second kappa shape index (κ2) is 6.13. The van der Waals surface area contributed by atoms with Gasteiger partial charge in [-0.2, -0.15) is 5.10 Å². The van der Waals surface area contributed by atoms with Crippen molar-refractivity contribution < 1.29 is 19.1 Å². The number of hydrogen-bond acceptors (Lipinski definition) is 5. The van der Waals surface area contributed by atoms with E-state index >= 15 is 0 Å². The molecule has 1 amide bonds. The van der Waals surface area contributed by atoms with Crippen LogP contribution in [0, 0.1) is 6.92 Å². The minimum absolute atomic E-state index is 0.0455. The maximum atomic E-state index is 11.8. The van der Waals surface area contributed by atoms with Gasteiger partial charge in [0.15, 0.2) is 17.3 Å². The Morgan fingerprint density at radius 1 is 1.33 bits per heavy atom. The highest BCUT2D eigenvalue weighted by atomic mass is 16.5. The summed E-state index contributed by atoms with van der Waals surface area (Å²) in [5.41, 5.74) is 3.71. The number of methoxy groups -OCH3 is 1. The molecule has 110 valence electrons. The van der Waals surface area contributed by atoms with Crippen LogP contribution in [0.25, 0.3) is 0 Å². The van der Waals surface area contributed by atoms with Gasteiger partial charge in [0, 0.05) is 5.56 Å². The Balaban J connectivity index is 2.12. The lowest BCUT2D eigenvalue weighted by molar-refractivity contribution is 0.0926. The van der Waals surface area contributed by atoms with Crippen LogP contribution >= 0.6 is 0 Å². The Bertz CT molecular complexity index is 689. The molecule has 0 aliphatic heterocycles. The van der Waals surface area contributed by atoms with Crippen molar-refractivity contribution >= 4 is 11.6 Å². The molecule has 2 rings (SSSR count). The third-order valence-corrected chi connectivity index (χ3v) is 2.89. The van der Waals surface area contributed by atoms with E-state index in [0.717, 1.165) is 5.56 Å². The molecular weight excluding hydrogens is 272 g/mol. The number of nitrogens with zero attached hydrogens (tertiary/aromatic N) is 1. The summed E-state index contributed by atoms with van der Waals surface area (Å²) < 4.78 is 10.2. The van der Waals surface area contributed by atoms with Gasteiger partial charge in [-0.05, 0) is 44.2 Å². The van der Waals surface area contributed by atoms with Crippen LogP contribution in [0.5, 0.6) is 11.5 Å². The van der Waals surface area contributed by atoms with Gasteiger partial charge >= 0.3 is 5.91 Å². The molecule has 0 saturated heterocycles. The number of ether oxygens (including phenoxy) is 1. The number of furan rings is 1. The summed E-state index contributed by atoms with van der Waals surface area (Å²) in [5.74, 6) is 0.823. The van der Waals surface area contributed by atoms with E-state index in [4.69, 9.17) is 9.15 Å². The fourth-order valence-corrected chi connectivity index (χ4v) is 1.71. The van der Waals surface area contributed by atoms with E-state index < -0.39 is 5.91 Å². The molecule has 0 unspecified atom stereocenters. The van der Waals surface area contributed by atoms with Crippen molar-refractivity contribution in [2.24, 2.45) is 5.10 Å². The summed E-state index contributed by atoms with van der Waals surface area (Å²) in [7, 11) is 1.46. The van der Waals surface area contributed by atoms with Gasteiger partial charge in [0.05, 0.1) is 12.8 Å². The molecule has 6 heteroatoms. The van der Waals surface area contributed by atoms with Gasteiger partial charge in [-0.1, -0.05) is 0 Å². The monoisotopic (exact) mass is 288 g/mol. The molecule has 6 nitrogen and oxygen atoms in total. The zero-order valence-electron chi connectivity index (χ0n) is 12.0. The van der Waals surface area contributed by atoms with Gasteiger partial charge in [-0.3, -0.25) is 4.79 Å². The number of amides is 1. The highest BCUT2D eigenvalue weighted by Crippen LogP contribution is 2.26. The molecule has 0 spiro atoms. The van der Waals surface area contributed by atoms with Crippen LogP contribution in [0.1, 0.15) is 28.8 Å². The summed E-state index contributed by atoms with van der Waals surface area (Å²) in [6, 6.07) is 8.11. The van der Waals surface area contributed by atoms with E-state index in [9.17, 15) is 9.90 Å². The predicted octanol–water partition coefficient (Wildman–Crippen LogP) is 2.46. The molecule has 0 aliphatic carbocycles. The highest BCUT2D eigenvalue weighted by molar-refractivity contribution is 6.00. The van der Waals surface area contributed by atoms with Gasteiger partial charge in [-0.25, -0.2) is 5.43 Å². The lowest BCUT2D eigenvalue weighted by atomic mass is 10.1. The number of aromatic hydroxyl groups is 1. The van der Waals surface area contributed by atoms with Crippen LogP contribution in [-0.4, -0.2) is 23.8 Å². The molecule has 21 heavy (non-hydrogen) atoms. The summed E-state index contributed by atoms with van der Waals surface area (Å²) in [6.45, 7) is 3.49. The van der Waals surface area contributed by atoms with Crippen LogP contribution in [0.2, 0.25) is 0 Å². The van der Waals surface area contributed by atoms with Crippen molar-refractivity contribution in [2.75, 3.05) is 7.11 Å². The second-order valence-corrected chi connectivity index (χ2v) is 4.44. The van der Waals surface area contributed by atoms with Gasteiger partial charge in [0.2, 0.25) is 0 Å². The van der Waals surface area contributed by atoms with Crippen molar-refractivity contribution in [3.05, 3.63) is 47.4 Å². The van der Waals surface area contributed by atoms with Crippen molar-refractivity contribution in [1.29, 1.82) is 0 Å². The fourth-order valence-electron chi connectivity index (χ4n) is 1.71. The van der Waals surface area contributed by atoms with E-state index in [-0.39, 0.29) is 11.5 Å². The average molecular weight is 288 g/mol. The topological polar surface area (TPSA) is 84.1 Å².